The quantitative estimate of drug-likeness (QED) is 0.811. The van der Waals surface area contributed by atoms with Crippen molar-refractivity contribution in [3.8, 4) is 0 Å². The summed E-state index contributed by atoms with van der Waals surface area (Å²) in [4.78, 5) is 19.7. The number of carbonyl (C=O) groups is 1. The number of piperazine rings is 1. The fraction of sp³-hybridized carbons (Fsp3) is 0.458. The van der Waals surface area contributed by atoms with Gasteiger partial charge in [0.15, 0.2) is 0 Å². The molecule has 2 heterocycles. The largest absolute Gasteiger partial charge is 0.371 e. The zero-order chi connectivity index (χ0) is 19.5. The van der Waals surface area contributed by atoms with Gasteiger partial charge in [0.1, 0.15) is 0 Å². The van der Waals surface area contributed by atoms with Crippen molar-refractivity contribution < 1.29 is 4.79 Å². The molecule has 0 bridgehead atoms. The summed E-state index contributed by atoms with van der Waals surface area (Å²) in [5, 5.41) is 0. The van der Waals surface area contributed by atoms with Gasteiger partial charge in [-0.05, 0) is 55.5 Å². The maximum atomic E-state index is 12.8. The first-order valence-corrected chi connectivity index (χ1v) is 10.6. The molecule has 2 aliphatic heterocycles. The molecule has 0 spiro atoms. The lowest BCUT2D eigenvalue weighted by molar-refractivity contribution is -0.131. The number of fused-ring (bicyclic) bond motifs is 1. The Hall–Kier alpha value is -2.49. The van der Waals surface area contributed by atoms with Crippen LogP contribution in [0.25, 0.3) is 0 Å². The Morgan fingerprint density at radius 3 is 2.46 bits per heavy atom. The molecule has 0 radical (unpaired) electrons. The van der Waals surface area contributed by atoms with Crippen LogP contribution in [-0.4, -0.2) is 50.1 Å². The van der Waals surface area contributed by atoms with Gasteiger partial charge < -0.3 is 14.7 Å². The van der Waals surface area contributed by atoms with E-state index in [1.54, 1.807) is 0 Å². The molecule has 1 saturated heterocycles. The van der Waals surface area contributed by atoms with Crippen LogP contribution < -0.4 is 9.80 Å². The molecule has 0 unspecified atom stereocenters. The highest BCUT2D eigenvalue weighted by atomic mass is 16.2. The van der Waals surface area contributed by atoms with Gasteiger partial charge in [0.05, 0.1) is 0 Å². The number of hydrogen-bond acceptors (Lipinski definition) is 3. The van der Waals surface area contributed by atoms with E-state index >= 15 is 0 Å². The van der Waals surface area contributed by atoms with E-state index in [2.05, 4.69) is 71.0 Å². The molecule has 2 aromatic carbocycles. The number of nitrogens with zero attached hydrogens (tertiary/aromatic N) is 3. The highest BCUT2D eigenvalue weighted by molar-refractivity contribution is 5.77. The van der Waals surface area contributed by atoms with Gasteiger partial charge in [-0.1, -0.05) is 30.3 Å². The monoisotopic (exact) mass is 377 g/mol. The minimum Gasteiger partial charge on any atom is -0.371 e. The van der Waals surface area contributed by atoms with Crippen molar-refractivity contribution >= 4 is 17.3 Å². The summed E-state index contributed by atoms with van der Waals surface area (Å²) in [5.41, 5.74) is 6.74. The average Bonchev–Trinajstić information content (AvgIpc) is 2.74. The van der Waals surface area contributed by atoms with Crippen LogP contribution >= 0.6 is 0 Å². The minimum atomic E-state index is 0.295. The Morgan fingerprint density at radius 2 is 1.64 bits per heavy atom. The first-order chi connectivity index (χ1) is 13.6. The molecule has 28 heavy (non-hydrogen) atoms. The highest BCUT2D eigenvalue weighted by Gasteiger charge is 2.23. The second kappa shape index (κ2) is 8.26. The molecule has 0 saturated carbocycles. The Bertz CT molecular complexity index is 839. The van der Waals surface area contributed by atoms with Crippen molar-refractivity contribution in [3.63, 3.8) is 0 Å². The number of para-hydroxylation sites is 1. The second-order valence-electron chi connectivity index (χ2n) is 8.06. The van der Waals surface area contributed by atoms with Crippen LogP contribution in [0.4, 0.5) is 11.4 Å². The van der Waals surface area contributed by atoms with Crippen LogP contribution in [0.5, 0.6) is 0 Å². The molecule has 4 rings (SSSR count). The first kappa shape index (κ1) is 18.9. The summed E-state index contributed by atoms with van der Waals surface area (Å²) in [6.07, 6.45) is 2.94. The summed E-state index contributed by atoms with van der Waals surface area (Å²) < 4.78 is 0. The standard InChI is InChI=1S/C24H31N3O/c1-19-7-5-11-22(20(19)2)26-15-17-27(18-16-26)24(28)12-14-25-13-6-9-21-8-3-4-10-23(21)25/h3-5,7-8,10-11H,6,9,12-18H2,1-2H3. The highest BCUT2D eigenvalue weighted by Crippen LogP contribution is 2.27. The first-order valence-electron chi connectivity index (χ1n) is 10.6. The maximum absolute atomic E-state index is 12.8. The molecule has 0 aliphatic carbocycles. The number of carbonyl (C=O) groups excluding carboxylic acids is 1. The lowest BCUT2D eigenvalue weighted by Crippen LogP contribution is -2.49. The lowest BCUT2D eigenvalue weighted by atomic mass is 10.0. The number of rotatable bonds is 4. The molecule has 148 valence electrons. The smallest absolute Gasteiger partial charge is 0.224 e. The maximum Gasteiger partial charge on any atom is 0.224 e. The van der Waals surface area contributed by atoms with E-state index < -0.39 is 0 Å². The summed E-state index contributed by atoms with van der Waals surface area (Å²) >= 11 is 0. The molecular formula is C24H31N3O. The Balaban J connectivity index is 1.31. The van der Waals surface area contributed by atoms with E-state index in [9.17, 15) is 4.79 Å². The molecule has 2 aliphatic rings. The average molecular weight is 378 g/mol. The Kier molecular flexibility index (Phi) is 5.56. The van der Waals surface area contributed by atoms with E-state index in [1.807, 2.05) is 0 Å². The van der Waals surface area contributed by atoms with Crippen LogP contribution in [0.15, 0.2) is 42.5 Å². The van der Waals surface area contributed by atoms with Gasteiger partial charge in [0.25, 0.3) is 0 Å². The lowest BCUT2D eigenvalue weighted by Gasteiger charge is -2.37. The molecule has 4 heteroatoms. The third-order valence-electron chi connectivity index (χ3n) is 6.35. The van der Waals surface area contributed by atoms with E-state index in [1.165, 1.54) is 34.5 Å². The van der Waals surface area contributed by atoms with Crippen LogP contribution in [0.1, 0.15) is 29.5 Å². The number of anilines is 2. The van der Waals surface area contributed by atoms with Crippen molar-refractivity contribution in [1.82, 2.24) is 4.90 Å². The van der Waals surface area contributed by atoms with Crippen molar-refractivity contribution in [2.75, 3.05) is 49.1 Å². The van der Waals surface area contributed by atoms with E-state index in [0.717, 1.165) is 45.7 Å². The fourth-order valence-electron chi connectivity index (χ4n) is 4.51. The van der Waals surface area contributed by atoms with Gasteiger partial charge in [-0.15, -0.1) is 0 Å². The zero-order valence-corrected chi connectivity index (χ0v) is 17.2. The van der Waals surface area contributed by atoms with Crippen molar-refractivity contribution in [3.05, 3.63) is 59.2 Å². The SMILES string of the molecule is Cc1cccc(N2CCN(C(=O)CCN3CCCc4ccccc43)CC2)c1C. The third kappa shape index (κ3) is 3.87. The molecule has 4 nitrogen and oxygen atoms in total. The Labute approximate surface area is 168 Å². The summed E-state index contributed by atoms with van der Waals surface area (Å²) in [6.45, 7) is 9.73. The van der Waals surface area contributed by atoms with Crippen LogP contribution in [-0.2, 0) is 11.2 Å². The molecule has 0 N–H and O–H groups in total. The normalized spacial score (nSPS) is 16.9. The molecule has 1 amide bonds. The van der Waals surface area contributed by atoms with Crippen molar-refractivity contribution in [2.45, 2.75) is 33.1 Å². The van der Waals surface area contributed by atoms with E-state index in [4.69, 9.17) is 0 Å². The van der Waals surface area contributed by atoms with Gasteiger partial charge in [0.2, 0.25) is 5.91 Å². The third-order valence-corrected chi connectivity index (χ3v) is 6.35. The van der Waals surface area contributed by atoms with Gasteiger partial charge in [-0.2, -0.15) is 0 Å². The number of hydrogen-bond donors (Lipinski definition) is 0. The molecule has 0 aromatic heterocycles. The molecule has 2 aromatic rings. The van der Waals surface area contributed by atoms with E-state index in [0.29, 0.717) is 12.3 Å². The fourth-order valence-corrected chi connectivity index (χ4v) is 4.51. The van der Waals surface area contributed by atoms with Gasteiger partial charge in [0, 0.05) is 57.1 Å². The Morgan fingerprint density at radius 1 is 0.893 bits per heavy atom. The summed E-state index contributed by atoms with van der Waals surface area (Å²) in [5.74, 6) is 0.295. The van der Waals surface area contributed by atoms with Crippen molar-refractivity contribution in [1.29, 1.82) is 0 Å². The van der Waals surface area contributed by atoms with Gasteiger partial charge in [-0.25, -0.2) is 0 Å². The summed E-state index contributed by atoms with van der Waals surface area (Å²) in [6, 6.07) is 15.1. The predicted octanol–water partition coefficient (Wildman–Crippen LogP) is 3.79. The van der Waals surface area contributed by atoms with Crippen molar-refractivity contribution in [2.24, 2.45) is 0 Å². The summed E-state index contributed by atoms with van der Waals surface area (Å²) in [7, 11) is 0. The van der Waals surface area contributed by atoms with Crippen LogP contribution in [0, 0.1) is 13.8 Å². The minimum absolute atomic E-state index is 0.295. The number of aryl methyl sites for hydroxylation is 2. The van der Waals surface area contributed by atoms with Crippen LogP contribution in [0.2, 0.25) is 0 Å². The molecule has 0 atom stereocenters. The molecule has 1 fully saturated rings. The number of amides is 1. The molecular weight excluding hydrogens is 346 g/mol. The second-order valence-corrected chi connectivity index (χ2v) is 8.06. The number of benzene rings is 2. The predicted molar refractivity (Wildman–Crippen MR) is 116 cm³/mol. The van der Waals surface area contributed by atoms with Gasteiger partial charge in [-0.3, -0.25) is 4.79 Å². The van der Waals surface area contributed by atoms with Crippen LogP contribution in [0.3, 0.4) is 0 Å². The topological polar surface area (TPSA) is 26.8 Å². The zero-order valence-electron chi connectivity index (χ0n) is 17.2. The van der Waals surface area contributed by atoms with Gasteiger partial charge >= 0.3 is 0 Å². The van der Waals surface area contributed by atoms with E-state index in [-0.39, 0.29) is 0 Å².